The van der Waals surface area contributed by atoms with Crippen molar-refractivity contribution in [1.82, 2.24) is 0 Å². The molecule has 0 unspecified atom stereocenters. The Morgan fingerprint density at radius 2 is 1.68 bits per heavy atom. The minimum Gasteiger partial charge on any atom is -0.486 e. The van der Waals surface area contributed by atoms with Gasteiger partial charge in [0.2, 0.25) is 0 Å². The Morgan fingerprint density at radius 1 is 1.00 bits per heavy atom. The van der Waals surface area contributed by atoms with Gasteiger partial charge in [0.05, 0.1) is 10.6 Å². The van der Waals surface area contributed by atoms with Crippen LogP contribution in [0.15, 0.2) is 50.2 Å². The Balaban J connectivity index is 1.95. The van der Waals surface area contributed by atoms with E-state index in [1.807, 2.05) is 0 Å². The van der Waals surface area contributed by atoms with Crippen LogP contribution in [0.3, 0.4) is 0 Å². The summed E-state index contributed by atoms with van der Waals surface area (Å²) in [6, 6.07) is 9.78. The molecule has 0 aliphatic carbocycles. The first kappa shape index (κ1) is 15.6. The number of halogens is 2. The molecule has 0 bridgehead atoms. The molecule has 0 saturated carbocycles. The van der Waals surface area contributed by atoms with Crippen molar-refractivity contribution in [3.63, 3.8) is 0 Å². The minimum atomic E-state index is -3.69. The Morgan fingerprint density at radius 3 is 2.36 bits per heavy atom. The SMILES string of the molecule is O=S(=O)(Nc1cc2c(cc1Br)OCCO2)c1cccc(Br)c1. The summed E-state index contributed by atoms with van der Waals surface area (Å²) >= 11 is 6.61. The average Bonchev–Trinajstić information content (AvgIpc) is 2.48. The molecule has 0 saturated heterocycles. The van der Waals surface area contributed by atoms with Crippen LogP contribution >= 0.6 is 31.9 Å². The second-order valence-corrected chi connectivity index (χ2v) is 7.99. The van der Waals surface area contributed by atoms with Crippen molar-refractivity contribution in [1.29, 1.82) is 0 Å². The van der Waals surface area contributed by atoms with Gasteiger partial charge in [-0.3, -0.25) is 4.72 Å². The Kier molecular flexibility index (Phi) is 4.33. The van der Waals surface area contributed by atoms with Crippen molar-refractivity contribution in [2.24, 2.45) is 0 Å². The number of fused-ring (bicyclic) bond motifs is 1. The van der Waals surface area contributed by atoms with Crippen LogP contribution in [-0.2, 0) is 10.0 Å². The molecule has 116 valence electrons. The van der Waals surface area contributed by atoms with Gasteiger partial charge in [-0.2, -0.15) is 0 Å². The van der Waals surface area contributed by atoms with Crippen molar-refractivity contribution < 1.29 is 17.9 Å². The molecule has 2 aromatic carbocycles. The van der Waals surface area contributed by atoms with E-state index in [1.54, 1.807) is 24.3 Å². The summed E-state index contributed by atoms with van der Waals surface area (Å²) in [5, 5.41) is 0. The van der Waals surface area contributed by atoms with E-state index >= 15 is 0 Å². The lowest BCUT2D eigenvalue weighted by Gasteiger charge is -2.20. The molecule has 1 aliphatic heterocycles. The fraction of sp³-hybridized carbons (Fsp3) is 0.143. The lowest BCUT2D eigenvalue weighted by Crippen LogP contribution is -2.17. The molecule has 2 aromatic rings. The molecule has 0 amide bonds. The summed E-state index contributed by atoms with van der Waals surface area (Å²) in [6.07, 6.45) is 0. The Bertz CT molecular complexity index is 824. The summed E-state index contributed by atoms with van der Waals surface area (Å²) in [7, 11) is -3.69. The fourth-order valence-corrected chi connectivity index (χ4v) is 4.20. The molecule has 5 nitrogen and oxygen atoms in total. The van der Waals surface area contributed by atoms with Crippen LogP contribution in [0, 0.1) is 0 Å². The van der Waals surface area contributed by atoms with Crippen LogP contribution in [0.1, 0.15) is 0 Å². The standard InChI is InChI=1S/C14H11Br2NO4S/c15-9-2-1-3-10(6-9)22(18,19)17-12-8-14-13(7-11(12)16)20-4-5-21-14/h1-3,6-8,17H,4-5H2. The number of hydrogen-bond donors (Lipinski definition) is 1. The number of nitrogens with one attached hydrogen (secondary N) is 1. The molecule has 3 rings (SSSR count). The van der Waals surface area contributed by atoms with Crippen LogP contribution in [0.4, 0.5) is 5.69 Å². The number of sulfonamides is 1. The number of benzene rings is 2. The van der Waals surface area contributed by atoms with Crippen molar-refractivity contribution in [2.45, 2.75) is 4.90 Å². The van der Waals surface area contributed by atoms with Gasteiger partial charge in [0.15, 0.2) is 11.5 Å². The lowest BCUT2D eigenvalue weighted by atomic mass is 10.2. The second kappa shape index (κ2) is 6.10. The maximum atomic E-state index is 12.4. The van der Waals surface area contributed by atoms with Crippen molar-refractivity contribution >= 4 is 47.6 Å². The van der Waals surface area contributed by atoms with Gasteiger partial charge >= 0.3 is 0 Å². The van der Waals surface area contributed by atoms with Crippen LogP contribution < -0.4 is 14.2 Å². The molecule has 0 atom stereocenters. The molecule has 1 heterocycles. The molecule has 1 aliphatic rings. The van der Waals surface area contributed by atoms with E-state index in [4.69, 9.17) is 9.47 Å². The maximum absolute atomic E-state index is 12.4. The zero-order valence-electron chi connectivity index (χ0n) is 11.2. The van der Waals surface area contributed by atoms with Crippen LogP contribution in [0.2, 0.25) is 0 Å². The van der Waals surface area contributed by atoms with E-state index in [0.29, 0.717) is 39.3 Å². The number of rotatable bonds is 3. The second-order valence-electron chi connectivity index (χ2n) is 4.54. The molecule has 1 N–H and O–H groups in total. The predicted molar refractivity (Wildman–Crippen MR) is 90.1 cm³/mol. The van der Waals surface area contributed by atoms with Gasteiger partial charge in [0.1, 0.15) is 13.2 Å². The molecular weight excluding hydrogens is 438 g/mol. The zero-order chi connectivity index (χ0) is 15.7. The first-order valence-electron chi connectivity index (χ1n) is 6.33. The average molecular weight is 449 g/mol. The Hall–Kier alpha value is -1.25. The first-order valence-corrected chi connectivity index (χ1v) is 9.40. The third-order valence-corrected chi connectivity index (χ3v) is 5.50. The van der Waals surface area contributed by atoms with Gasteiger partial charge in [-0.15, -0.1) is 0 Å². The Labute approximate surface area is 144 Å². The molecule has 0 radical (unpaired) electrons. The number of hydrogen-bond acceptors (Lipinski definition) is 4. The lowest BCUT2D eigenvalue weighted by molar-refractivity contribution is 0.171. The molecular formula is C14H11Br2NO4S. The van der Waals surface area contributed by atoms with E-state index in [9.17, 15) is 8.42 Å². The smallest absolute Gasteiger partial charge is 0.261 e. The highest BCUT2D eigenvalue weighted by Gasteiger charge is 2.20. The van der Waals surface area contributed by atoms with Gasteiger partial charge in [-0.25, -0.2) is 8.42 Å². The minimum absolute atomic E-state index is 0.170. The van der Waals surface area contributed by atoms with E-state index in [2.05, 4.69) is 36.6 Å². The zero-order valence-corrected chi connectivity index (χ0v) is 15.2. The van der Waals surface area contributed by atoms with Gasteiger partial charge in [0.25, 0.3) is 10.0 Å². The largest absolute Gasteiger partial charge is 0.486 e. The number of ether oxygens (including phenoxy) is 2. The van der Waals surface area contributed by atoms with E-state index in [-0.39, 0.29) is 4.90 Å². The molecule has 22 heavy (non-hydrogen) atoms. The van der Waals surface area contributed by atoms with Crippen molar-refractivity contribution in [2.75, 3.05) is 17.9 Å². The molecule has 0 aromatic heterocycles. The fourth-order valence-electron chi connectivity index (χ4n) is 1.98. The monoisotopic (exact) mass is 447 g/mol. The van der Waals surface area contributed by atoms with Crippen molar-refractivity contribution in [3.8, 4) is 11.5 Å². The van der Waals surface area contributed by atoms with Gasteiger partial charge in [-0.05, 0) is 34.1 Å². The van der Waals surface area contributed by atoms with E-state index in [1.165, 1.54) is 12.1 Å². The molecule has 8 heteroatoms. The summed E-state index contributed by atoms with van der Waals surface area (Å²) in [6.45, 7) is 0.912. The summed E-state index contributed by atoms with van der Waals surface area (Å²) in [4.78, 5) is 0.170. The quantitative estimate of drug-likeness (QED) is 0.775. The number of anilines is 1. The summed E-state index contributed by atoms with van der Waals surface area (Å²) < 4.78 is 39.6. The third-order valence-electron chi connectivity index (χ3n) is 2.98. The van der Waals surface area contributed by atoms with E-state index in [0.717, 1.165) is 0 Å². The van der Waals surface area contributed by atoms with Crippen LogP contribution in [0.25, 0.3) is 0 Å². The highest BCUT2D eigenvalue weighted by Crippen LogP contribution is 2.38. The van der Waals surface area contributed by atoms with Crippen LogP contribution in [-0.4, -0.2) is 21.6 Å². The van der Waals surface area contributed by atoms with Crippen LogP contribution in [0.5, 0.6) is 11.5 Å². The maximum Gasteiger partial charge on any atom is 0.261 e. The highest BCUT2D eigenvalue weighted by molar-refractivity contribution is 9.10. The van der Waals surface area contributed by atoms with Gasteiger partial charge in [-0.1, -0.05) is 22.0 Å². The summed E-state index contributed by atoms with van der Waals surface area (Å²) in [5.41, 5.74) is 0.393. The first-order chi connectivity index (χ1) is 10.5. The van der Waals surface area contributed by atoms with Gasteiger partial charge < -0.3 is 9.47 Å². The van der Waals surface area contributed by atoms with Gasteiger partial charge in [0, 0.05) is 21.1 Å². The van der Waals surface area contributed by atoms with Crippen molar-refractivity contribution in [3.05, 3.63) is 45.3 Å². The molecule has 0 spiro atoms. The third kappa shape index (κ3) is 3.23. The predicted octanol–water partition coefficient (Wildman–Crippen LogP) is 3.78. The highest BCUT2D eigenvalue weighted by atomic mass is 79.9. The molecule has 0 fully saturated rings. The topological polar surface area (TPSA) is 64.6 Å². The normalized spacial score (nSPS) is 13.7. The summed E-state index contributed by atoms with van der Waals surface area (Å²) in [5.74, 6) is 1.10. The van der Waals surface area contributed by atoms with E-state index < -0.39 is 10.0 Å².